The highest BCUT2D eigenvalue weighted by molar-refractivity contribution is 5.19. The van der Waals surface area contributed by atoms with Crippen molar-refractivity contribution in [2.45, 2.75) is 19.3 Å². The summed E-state index contributed by atoms with van der Waals surface area (Å²) in [5.41, 5.74) is 0.975. The third-order valence-electron chi connectivity index (χ3n) is 2.34. The number of benzene rings is 1. The topological polar surface area (TPSA) is 30.5 Å². The van der Waals surface area contributed by atoms with Crippen molar-refractivity contribution in [3.05, 3.63) is 35.9 Å². The summed E-state index contributed by atoms with van der Waals surface area (Å²) in [6.45, 7) is 2.95. The van der Waals surface area contributed by atoms with E-state index in [9.17, 15) is 0 Å². The Morgan fingerprint density at radius 3 is 2.20 bits per heavy atom. The van der Waals surface area contributed by atoms with Crippen LogP contribution in [0.2, 0.25) is 0 Å². The number of rotatable bonds is 6. The van der Waals surface area contributed by atoms with Gasteiger partial charge in [0.05, 0.1) is 0 Å². The van der Waals surface area contributed by atoms with Gasteiger partial charge in [-0.25, -0.2) is 0 Å². The first-order chi connectivity index (χ1) is 7.29. The first kappa shape index (κ1) is 12.2. The fraction of sp³-hybridized carbons (Fsp3) is 0.500. The third-order valence-corrected chi connectivity index (χ3v) is 2.34. The van der Waals surface area contributed by atoms with Crippen LogP contribution in [-0.2, 0) is 15.4 Å². The lowest BCUT2D eigenvalue weighted by Crippen LogP contribution is -2.46. The van der Waals surface area contributed by atoms with Gasteiger partial charge < -0.3 is 9.47 Å². The molecule has 1 aromatic carbocycles. The van der Waals surface area contributed by atoms with Crippen molar-refractivity contribution in [3.8, 4) is 0 Å². The number of hydrogen-bond donors (Lipinski definition) is 1. The van der Waals surface area contributed by atoms with Gasteiger partial charge in [-0.3, -0.25) is 5.32 Å². The molecule has 0 bridgehead atoms. The van der Waals surface area contributed by atoms with Gasteiger partial charge in [0.15, 0.2) is 0 Å². The summed E-state index contributed by atoms with van der Waals surface area (Å²) in [6, 6.07) is 9.87. The average molecular weight is 209 g/mol. The highest BCUT2D eigenvalue weighted by Crippen LogP contribution is 2.22. The zero-order valence-electron chi connectivity index (χ0n) is 9.62. The quantitative estimate of drug-likeness (QED) is 0.728. The Morgan fingerprint density at radius 2 is 1.73 bits per heavy atom. The maximum absolute atomic E-state index is 5.44. The van der Waals surface area contributed by atoms with E-state index in [2.05, 4.69) is 12.2 Å². The molecule has 0 amide bonds. The Bertz CT molecular complexity index is 270. The molecular weight excluding hydrogens is 190 g/mol. The second-order valence-electron chi connectivity index (χ2n) is 3.32. The minimum Gasteiger partial charge on any atom is -0.337 e. The van der Waals surface area contributed by atoms with E-state index in [1.54, 1.807) is 14.2 Å². The van der Waals surface area contributed by atoms with Gasteiger partial charge in [0.1, 0.15) is 0 Å². The van der Waals surface area contributed by atoms with E-state index in [4.69, 9.17) is 9.47 Å². The van der Waals surface area contributed by atoms with Crippen molar-refractivity contribution >= 4 is 0 Å². The van der Waals surface area contributed by atoms with Crippen molar-refractivity contribution < 1.29 is 9.47 Å². The lowest BCUT2D eigenvalue weighted by Gasteiger charge is -2.32. The molecule has 0 atom stereocenters. The summed E-state index contributed by atoms with van der Waals surface area (Å²) in [4.78, 5) is 0. The summed E-state index contributed by atoms with van der Waals surface area (Å²) < 4.78 is 10.9. The lowest BCUT2D eigenvalue weighted by atomic mass is 10.1. The molecule has 0 aromatic heterocycles. The van der Waals surface area contributed by atoms with Crippen LogP contribution in [0.4, 0.5) is 0 Å². The molecule has 0 saturated carbocycles. The average Bonchev–Trinajstić information content (AvgIpc) is 2.33. The number of methoxy groups -OCH3 is 2. The molecule has 0 aliphatic heterocycles. The molecule has 0 radical (unpaired) electrons. The molecule has 84 valence electrons. The van der Waals surface area contributed by atoms with Crippen molar-refractivity contribution in [2.75, 3.05) is 20.8 Å². The Balaban J connectivity index is 2.89. The molecule has 15 heavy (non-hydrogen) atoms. The van der Waals surface area contributed by atoms with E-state index in [1.807, 2.05) is 30.3 Å². The van der Waals surface area contributed by atoms with Gasteiger partial charge in [-0.2, -0.15) is 0 Å². The fourth-order valence-corrected chi connectivity index (χ4v) is 1.51. The van der Waals surface area contributed by atoms with Gasteiger partial charge in [0.2, 0.25) is 0 Å². The van der Waals surface area contributed by atoms with Crippen LogP contribution in [0.15, 0.2) is 30.3 Å². The van der Waals surface area contributed by atoms with Crippen molar-refractivity contribution in [3.63, 3.8) is 0 Å². The minimum absolute atomic E-state index is 0.822. The second kappa shape index (κ2) is 5.85. The maximum atomic E-state index is 5.44. The number of ether oxygens (including phenoxy) is 2. The standard InChI is InChI=1S/C12H19NO2/c1-4-10-13-12(14-2,15-3)11-8-6-5-7-9-11/h5-9,13H,4,10H2,1-3H3. The van der Waals surface area contributed by atoms with Gasteiger partial charge in [0.25, 0.3) is 5.91 Å². The van der Waals surface area contributed by atoms with Crippen LogP contribution in [0, 0.1) is 0 Å². The molecule has 0 heterocycles. The van der Waals surface area contributed by atoms with Crippen LogP contribution in [0.3, 0.4) is 0 Å². The number of nitrogens with one attached hydrogen (secondary N) is 1. The fourth-order valence-electron chi connectivity index (χ4n) is 1.51. The van der Waals surface area contributed by atoms with E-state index < -0.39 is 5.91 Å². The smallest absolute Gasteiger partial charge is 0.255 e. The molecule has 1 N–H and O–H groups in total. The predicted molar refractivity (Wildman–Crippen MR) is 60.4 cm³/mol. The van der Waals surface area contributed by atoms with Gasteiger partial charge in [-0.15, -0.1) is 0 Å². The summed E-state index contributed by atoms with van der Waals surface area (Å²) in [6.07, 6.45) is 1.03. The first-order valence-corrected chi connectivity index (χ1v) is 5.20. The van der Waals surface area contributed by atoms with E-state index in [0.29, 0.717) is 0 Å². The van der Waals surface area contributed by atoms with Crippen molar-refractivity contribution in [1.29, 1.82) is 0 Å². The molecule has 0 aliphatic carbocycles. The lowest BCUT2D eigenvalue weighted by molar-refractivity contribution is -0.237. The zero-order chi connectivity index (χ0) is 11.1. The first-order valence-electron chi connectivity index (χ1n) is 5.20. The Labute approximate surface area is 91.4 Å². The summed E-state index contributed by atoms with van der Waals surface area (Å²) in [5, 5.41) is 3.25. The van der Waals surface area contributed by atoms with Gasteiger partial charge >= 0.3 is 0 Å². The zero-order valence-corrected chi connectivity index (χ0v) is 9.62. The van der Waals surface area contributed by atoms with Crippen LogP contribution in [-0.4, -0.2) is 20.8 Å². The van der Waals surface area contributed by atoms with Crippen molar-refractivity contribution in [2.24, 2.45) is 0 Å². The molecule has 1 aromatic rings. The molecule has 1 rings (SSSR count). The highest BCUT2D eigenvalue weighted by atomic mass is 16.7. The highest BCUT2D eigenvalue weighted by Gasteiger charge is 2.30. The van der Waals surface area contributed by atoms with E-state index >= 15 is 0 Å². The second-order valence-corrected chi connectivity index (χ2v) is 3.32. The monoisotopic (exact) mass is 209 g/mol. The van der Waals surface area contributed by atoms with Gasteiger partial charge in [-0.1, -0.05) is 37.3 Å². The molecule has 0 aliphatic rings. The molecule has 0 spiro atoms. The van der Waals surface area contributed by atoms with Crippen LogP contribution in [0.1, 0.15) is 18.9 Å². The Hall–Kier alpha value is -0.900. The summed E-state index contributed by atoms with van der Waals surface area (Å²) in [5.74, 6) is -0.822. The molecular formula is C12H19NO2. The van der Waals surface area contributed by atoms with E-state index in [0.717, 1.165) is 18.5 Å². The molecule has 0 saturated heterocycles. The summed E-state index contributed by atoms with van der Waals surface area (Å²) in [7, 11) is 3.28. The van der Waals surface area contributed by atoms with E-state index in [1.165, 1.54) is 0 Å². The summed E-state index contributed by atoms with van der Waals surface area (Å²) >= 11 is 0. The largest absolute Gasteiger partial charge is 0.337 e. The van der Waals surface area contributed by atoms with Crippen molar-refractivity contribution in [1.82, 2.24) is 5.32 Å². The molecule has 0 fully saturated rings. The maximum Gasteiger partial charge on any atom is 0.255 e. The predicted octanol–water partition coefficient (Wildman–Crippen LogP) is 2.09. The van der Waals surface area contributed by atoms with Gasteiger partial charge in [-0.05, 0) is 6.42 Å². The normalized spacial score (nSPS) is 11.7. The molecule has 0 unspecified atom stereocenters. The Kier molecular flexibility index (Phi) is 4.75. The minimum atomic E-state index is -0.822. The van der Waals surface area contributed by atoms with Crippen LogP contribution < -0.4 is 5.32 Å². The van der Waals surface area contributed by atoms with Crippen LogP contribution >= 0.6 is 0 Å². The number of hydrogen-bond acceptors (Lipinski definition) is 3. The van der Waals surface area contributed by atoms with E-state index in [-0.39, 0.29) is 0 Å². The SMILES string of the molecule is CCCNC(OC)(OC)c1ccccc1. The Morgan fingerprint density at radius 1 is 1.13 bits per heavy atom. The van der Waals surface area contributed by atoms with Crippen LogP contribution in [0.25, 0.3) is 0 Å². The van der Waals surface area contributed by atoms with Crippen LogP contribution in [0.5, 0.6) is 0 Å². The van der Waals surface area contributed by atoms with Gasteiger partial charge in [0, 0.05) is 26.3 Å². The third kappa shape index (κ3) is 2.78. The molecule has 3 heteroatoms. The molecule has 3 nitrogen and oxygen atoms in total.